The number of nitrogens with zero attached hydrogens (tertiary/aromatic N) is 3. The highest BCUT2D eigenvalue weighted by atomic mass is 16.3. The van der Waals surface area contributed by atoms with Crippen LogP contribution in [-0.4, -0.2) is 25.3 Å². The van der Waals surface area contributed by atoms with Crippen molar-refractivity contribution in [3.63, 3.8) is 0 Å². The van der Waals surface area contributed by atoms with Crippen LogP contribution in [-0.2, 0) is 0 Å². The zero-order chi connectivity index (χ0) is 8.72. The van der Waals surface area contributed by atoms with E-state index >= 15 is 0 Å². The van der Waals surface area contributed by atoms with Gasteiger partial charge in [0.2, 0.25) is 0 Å². The molecule has 0 aliphatic carbocycles. The number of hydrogen-bond acceptors (Lipinski definition) is 5. The quantitative estimate of drug-likeness (QED) is 0.364. The van der Waals surface area contributed by atoms with E-state index in [1.54, 1.807) is 0 Å². The molecule has 0 amide bonds. The van der Waals surface area contributed by atoms with Crippen molar-refractivity contribution in [1.29, 1.82) is 0 Å². The summed E-state index contributed by atoms with van der Waals surface area (Å²) in [6.07, 6.45) is 0. The predicted octanol–water partition coefficient (Wildman–Crippen LogP) is -0.444. The van der Waals surface area contributed by atoms with E-state index in [4.69, 9.17) is 5.84 Å². The monoisotopic (exact) mass is 166 g/mol. The van der Waals surface area contributed by atoms with Gasteiger partial charge in [0.1, 0.15) is 11.5 Å². The number of nitrogens with two attached hydrogens (primary N) is 1. The maximum atomic E-state index is 9.27. The van der Waals surface area contributed by atoms with Gasteiger partial charge >= 0.3 is 0 Å². The molecule has 2 rings (SSSR count). The number of aromatic hydroxyl groups is 2. The van der Waals surface area contributed by atoms with E-state index in [0.29, 0.717) is 0 Å². The first-order valence-corrected chi connectivity index (χ1v) is 3.21. The van der Waals surface area contributed by atoms with Crippen LogP contribution in [0.5, 0.6) is 11.5 Å². The van der Waals surface area contributed by atoms with Crippen LogP contribution in [0.3, 0.4) is 0 Å². The maximum Gasteiger partial charge on any atom is 0.160 e. The van der Waals surface area contributed by atoms with Gasteiger partial charge in [-0.25, -0.2) is 0 Å². The zero-order valence-corrected chi connectivity index (χ0v) is 5.97. The van der Waals surface area contributed by atoms with E-state index in [1.165, 1.54) is 12.1 Å². The van der Waals surface area contributed by atoms with Crippen LogP contribution in [0.15, 0.2) is 12.1 Å². The molecule has 6 heteroatoms. The van der Waals surface area contributed by atoms with Crippen molar-refractivity contribution in [2.75, 3.05) is 5.84 Å². The Hall–Kier alpha value is -1.98. The second-order valence-electron chi connectivity index (χ2n) is 2.34. The van der Waals surface area contributed by atoms with Crippen molar-refractivity contribution < 1.29 is 10.2 Å². The van der Waals surface area contributed by atoms with Gasteiger partial charge in [-0.1, -0.05) is 0 Å². The minimum Gasteiger partial charge on any atom is -0.506 e. The number of phenols is 2. The fourth-order valence-corrected chi connectivity index (χ4v) is 1.02. The summed E-state index contributed by atoms with van der Waals surface area (Å²) in [5, 5.41) is 25.5. The molecule has 0 radical (unpaired) electrons. The summed E-state index contributed by atoms with van der Waals surface area (Å²) in [6.45, 7) is 0. The number of phenolic OH excluding ortho intramolecular Hbond substituents is 2. The summed E-state index contributed by atoms with van der Waals surface area (Å²) in [5.74, 6) is 5.20. The summed E-state index contributed by atoms with van der Waals surface area (Å²) in [4.78, 5) is 0.907. The number of benzene rings is 1. The van der Waals surface area contributed by atoms with Gasteiger partial charge in [-0.05, 0) is 17.3 Å². The highest BCUT2D eigenvalue weighted by molar-refractivity contribution is 5.86. The van der Waals surface area contributed by atoms with Crippen molar-refractivity contribution in [3.05, 3.63) is 12.1 Å². The molecule has 0 aliphatic heterocycles. The molecule has 0 saturated carbocycles. The van der Waals surface area contributed by atoms with E-state index in [1.807, 2.05) is 0 Å². The molecule has 62 valence electrons. The van der Waals surface area contributed by atoms with E-state index in [-0.39, 0.29) is 22.5 Å². The first-order chi connectivity index (χ1) is 5.70. The van der Waals surface area contributed by atoms with Crippen molar-refractivity contribution in [1.82, 2.24) is 15.1 Å². The number of hydrogen-bond donors (Lipinski definition) is 3. The summed E-state index contributed by atoms with van der Waals surface area (Å²) >= 11 is 0. The fourth-order valence-electron chi connectivity index (χ4n) is 1.02. The van der Waals surface area contributed by atoms with Gasteiger partial charge in [0.05, 0.1) is 0 Å². The molecular weight excluding hydrogens is 160 g/mol. The van der Waals surface area contributed by atoms with E-state index in [0.717, 1.165) is 4.79 Å². The van der Waals surface area contributed by atoms with E-state index < -0.39 is 0 Å². The summed E-state index contributed by atoms with van der Waals surface area (Å²) in [5.41, 5.74) is 0.410. The largest absolute Gasteiger partial charge is 0.506 e. The lowest BCUT2D eigenvalue weighted by Crippen LogP contribution is -2.09. The van der Waals surface area contributed by atoms with Crippen LogP contribution in [0.25, 0.3) is 11.0 Å². The Kier molecular flexibility index (Phi) is 1.12. The third-order valence-electron chi connectivity index (χ3n) is 1.58. The van der Waals surface area contributed by atoms with Gasteiger partial charge in [0.25, 0.3) is 0 Å². The fraction of sp³-hybridized carbons (Fsp3) is 0. The Balaban J connectivity index is 2.98. The van der Waals surface area contributed by atoms with Crippen molar-refractivity contribution >= 4 is 11.0 Å². The van der Waals surface area contributed by atoms with Crippen LogP contribution in [0.1, 0.15) is 0 Å². The summed E-state index contributed by atoms with van der Waals surface area (Å²) in [6, 6.07) is 2.65. The van der Waals surface area contributed by atoms with Gasteiger partial charge < -0.3 is 16.1 Å². The smallest absolute Gasteiger partial charge is 0.160 e. The molecule has 4 N–H and O–H groups in total. The minimum atomic E-state index is -0.0599. The summed E-state index contributed by atoms with van der Waals surface area (Å²) in [7, 11) is 0. The molecule has 0 saturated heterocycles. The first-order valence-electron chi connectivity index (χ1n) is 3.21. The Morgan fingerprint density at radius 1 is 1.25 bits per heavy atom. The molecular formula is C6H6N4O2. The van der Waals surface area contributed by atoms with Gasteiger partial charge in [-0.2, -0.15) is 4.79 Å². The van der Waals surface area contributed by atoms with Crippen LogP contribution >= 0.6 is 0 Å². The lowest BCUT2D eigenvalue weighted by Gasteiger charge is -1.96. The second kappa shape index (κ2) is 2.00. The number of fused-ring (bicyclic) bond motifs is 1. The Labute approximate surface area is 66.8 Å². The normalized spacial score (nSPS) is 10.7. The Morgan fingerprint density at radius 2 is 1.92 bits per heavy atom. The zero-order valence-electron chi connectivity index (χ0n) is 5.97. The number of rotatable bonds is 0. The number of nitrogen functional groups attached to an aromatic ring is 1. The molecule has 12 heavy (non-hydrogen) atoms. The minimum absolute atomic E-state index is 0.0560. The van der Waals surface area contributed by atoms with Gasteiger partial charge in [0.15, 0.2) is 11.0 Å². The maximum absolute atomic E-state index is 9.27. The average Bonchev–Trinajstić information content (AvgIpc) is 2.42. The molecule has 1 aromatic carbocycles. The Bertz CT molecular complexity index is 436. The highest BCUT2D eigenvalue weighted by Gasteiger charge is 2.10. The lowest BCUT2D eigenvalue weighted by molar-refractivity contribution is 0.467. The van der Waals surface area contributed by atoms with Crippen LogP contribution < -0.4 is 5.84 Å². The van der Waals surface area contributed by atoms with E-state index in [2.05, 4.69) is 10.3 Å². The molecule has 1 heterocycles. The summed E-state index contributed by atoms with van der Waals surface area (Å²) < 4.78 is 0. The SMILES string of the molecule is Nn1nnc2c(O)ccc(O)c21. The molecule has 6 nitrogen and oxygen atoms in total. The van der Waals surface area contributed by atoms with Gasteiger partial charge in [0, 0.05) is 0 Å². The molecule has 1 aromatic heterocycles. The molecule has 0 spiro atoms. The molecule has 0 atom stereocenters. The number of aromatic nitrogens is 3. The predicted molar refractivity (Wildman–Crippen MR) is 41.0 cm³/mol. The van der Waals surface area contributed by atoms with Crippen molar-refractivity contribution in [2.45, 2.75) is 0 Å². The molecule has 0 unspecified atom stereocenters. The highest BCUT2D eigenvalue weighted by Crippen LogP contribution is 2.28. The molecule has 0 aliphatic rings. The topological polar surface area (TPSA) is 97.2 Å². The van der Waals surface area contributed by atoms with Crippen LogP contribution in [0.4, 0.5) is 0 Å². The van der Waals surface area contributed by atoms with Crippen molar-refractivity contribution in [3.8, 4) is 11.5 Å². The molecule has 0 fully saturated rings. The average molecular weight is 166 g/mol. The lowest BCUT2D eigenvalue weighted by atomic mass is 10.3. The first kappa shape index (κ1) is 6.71. The third kappa shape index (κ3) is 0.685. The van der Waals surface area contributed by atoms with Crippen LogP contribution in [0.2, 0.25) is 0 Å². The standard InChI is InChI=1S/C6H6N4O2/c7-10-6-4(12)2-1-3(11)5(6)8-9-10/h1-2,11-12H,7H2. The molecule has 0 bridgehead atoms. The third-order valence-corrected chi connectivity index (χ3v) is 1.58. The van der Waals surface area contributed by atoms with Crippen molar-refractivity contribution in [2.24, 2.45) is 0 Å². The van der Waals surface area contributed by atoms with Gasteiger partial charge in [-0.3, -0.25) is 0 Å². The Morgan fingerprint density at radius 3 is 2.58 bits per heavy atom. The second-order valence-corrected chi connectivity index (χ2v) is 2.34. The van der Waals surface area contributed by atoms with Gasteiger partial charge in [-0.15, -0.1) is 5.10 Å². The van der Waals surface area contributed by atoms with Crippen LogP contribution in [0, 0.1) is 0 Å². The van der Waals surface area contributed by atoms with E-state index in [9.17, 15) is 10.2 Å². The molecule has 2 aromatic rings.